The van der Waals surface area contributed by atoms with Crippen LogP contribution in [-0.4, -0.2) is 23.3 Å². The molecule has 0 N–H and O–H groups in total. The molecule has 3 rings (SSSR count). The first-order valence-corrected chi connectivity index (χ1v) is 7.92. The number of aryl methyl sites for hydroxylation is 1. The lowest BCUT2D eigenvalue weighted by atomic mass is 10.2. The van der Waals surface area contributed by atoms with Gasteiger partial charge in [0.2, 0.25) is 0 Å². The lowest BCUT2D eigenvalue weighted by Gasteiger charge is -2.12. The summed E-state index contributed by atoms with van der Waals surface area (Å²) < 4.78 is 13.0. The van der Waals surface area contributed by atoms with Crippen molar-refractivity contribution in [2.75, 3.05) is 13.7 Å². The minimum absolute atomic E-state index is 0.00987. The van der Waals surface area contributed by atoms with Crippen LogP contribution in [0, 0.1) is 11.3 Å². The Labute approximate surface area is 141 Å². The molecule has 2 aromatic carbocycles. The number of methoxy groups -OCH3 is 1. The molecule has 0 radical (unpaired) electrons. The topological polar surface area (TPSA) is 60.1 Å². The van der Waals surface area contributed by atoms with Gasteiger partial charge in [0, 0.05) is 12.1 Å². The van der Waals surface area contributed by atoms with Crippen LogP contribution in [0.4, 0.5) is 0 Å². The van der Waals surface area contributed by atoms with E-state index in [1.54, 1.807) is 7.11 Å². The van der Waals surface area contributed by atoms with Gasteiger partial charge in [0.15, 0.2) is 18.1 Å². The average molecular weight is 321 g/mol. The fourth-order valence-corrected chi connectivity index (χ4v) is 2.78. The lowest BCUT2D eigenvalue weighted by molar-refractivity contribution is 0.330. The molecule has 5 heteroatoms. The third-order valence-electron chi connectivity index (χ3n) is 3.82. The first-order chi connectivity index (χ1) is 11.8. The van der Waals surface area contributed by atoms with Crippen molar-refractivity contribution in [1.82, 2.24) is 9.55 Å². The Morgan fingerprint density at radius 3 is 2.75 bits per heavy atom. The molecule has 0 bridgehead atoms. The number of rotatable bonds is 6. The van der Waals surface area contributed by atoms with E-state index in [-0.39, 0.29) is 6.61 Å². The molecule has 0 aliphatic carbocycles. The monoisotopic (exact) mass is 321 g/mol. The molecule has 0 aliphatic heterocycles. The van der Waals surface area contributed by atoms with Gasteiger partial charge in [0.25, 0.3) is 0 Å². The highest BCUT2D eigenvalue weighted by atomic mass is 16.5. The second-order valence-corrected chi connectivity index (χ2v) is 5.39. The van der Waals surface area contributed by atoms with E-state index in [0.29, 0.717) is 11.5 Å². The fourth-order valence-electron chi connectivity index (χ4n) is 2.78. The number of fused-ring (bicyclic) bond motifs is 1. The number of ether oxygens (including phenoxy) is 2. The number of hydrogen-bond acceptors (Lipinski definition) is 4. The first-order valence-electron chi connectivity index (χ1n) is 7.92. The number of imidazole rings is 1. The van der Waals surface area contributed by atoms with Gasteiger partial charge in [0.05, 0.1) is 18.1 Å². The number of nitrogens with zero attached hydrogens (tertiary/aromatic N) is 3. The molecule has 0 atom stereocenters. The Morgan fingerprint density at radius 1 is 1.17 bits per heavy atom. The van der Waals surface area contributed by atoms with E-state index in [1.807, 2.05) is 42.5 Å². The van der Waals surface area contributed by atoms with E-state index in [4.69, 9.17) is 19.7 Å². The van der Waals surface area contributed by atoms with Gasteiger partial charge in [-0.15, -0.1) is 0 Å². The zero-order chi connectivity index (χ0) is 16.9. The lowest BCUT2D eigenvalue weighted by Crippen LogP contribution is -2.01. The molecule has 1 heterocycles. The van der Waals surface area contributed by atoms with E-state index in [2.05, 4.69) is 17.6 Å². The fraction of sp³-hybridized carbons (Fsp3) is 0.263. The molecule has 5 nitrogen and oxygen atoms in total. The molecule has 0 unspecified atom stereocenters. The summed E-state index contributed by atoms with van der Waals surface area (Å²) in [5.74, 6) is 2.06. The zero-order valence-electron chi connectivity index (χ0n) is 13.8. The Balaban J connectivity index is 2.10. The van der Waals surface area contributed by atoms with Gasteiger partial charge in [-0.2, -0.15) is 5.26 Å². The van der Waals surface area contributed by atoms with Gasteiger partial charge >= 0.3 is 0 Å². The summed E-state index contributed by atoms with van der Waals surface area (Å²) in [5.41, 5.74) is 3.06. The van der Waals surface area contributed by atoms with Crippen LogP contribution in [0.25, 0.3) is 22.4 Å². The second-order valence-electron chi connectivity index (χ2n) is 5.39. The normalized spacial score (nSPS) is 10.5. The van der Waals surface area contributed by atoms with Crippen molar-refractivity contribution in [3.8, 4) is 29.0 Å². The summed E-state index contributed by atoms with van der Waals surface area (Å²) in [6.45, 7) is 3.03. The maximum atomic E-state index is 8.67. The zero-order valence-corrected chi connectivity index (χ0v) is 13.8. The van der Waals surface area contributed by atoms with Crippen LogP contribution in [0.15, 0.2) is 42.5 Å². The largest absolute Gasteiger partial charge is 0.493 e. The number of hydrogen-bond donors (Lipinski definition) is 0. The Morgan fingerprint density at radius 2 is 2.00 bits per heavy atom. The molecule has 0 spiro atoms. The van der Waals surface area contributed by atoms with E-state index in [0.717, 1.165) is 35.4 Å². The maximum Gasteiger partial charge on any atom is 0.174 e. The van der Waals surface area contributed by atoms with Gasteiger partial charge in [0.1, 0.15) is 11.9 Å². The molecule has 0 aliphatic rings. The van der Waals surface area contributed by atoms with Gasteiger partial charge in [-0.05, 0) is 36.8 Å². The van der Waals surface area contributed by atoms with Crippen LogP contribution in [0.5, 0.6) is 11.5 Å². The van der Waals surface area contributed by atoms with Gasteiger partial charge in [-0.1, -0.05) is 19.1 Å². The van der Waals surface area contributed by atoms with Crippen molar-refractivity contribution >= 4 is 11.0 Å². The third-order valence-corrected chi connectivity index (χ3v) is 3.82. The predicted octanol–water partition coefficient (Wildman–Crippen LogP) is 4.02. The van der Waals surface area contributed by atoms with Crippen molar-refractivity contribution in [2.24, 2.45) is 0 Å². The van der Waals surface area contributed by atoms with E-state index in [1.165, 1.54) is 0 Å². The quantitative estimate of drug-likeness (QED) is 0.688. The molecule has 0 saturated carbocycles. The van der Waals surface area contributed by atoms with Gasteiger partial charge in [-0.25, -0.2) is 4.98 Å². The SMILES string of the molecule is CCCn1c(-c2ccc(OCC#N)c(OC)c2)nc2ccccc21. The van der Waals surface area contributed by atoms with E-state index < -0.39 is 0 Å². The number of para-hydroxylation sites is 2. The highest BCUT2D eigenvalue weighted by molar-refractivity contribution is 5.81. The van der Waals surface area contributed by atoms with E-state index >= 15 is 0 Å². The Kier molecular flexibility index (Phi) is 4.66. The molecule has 24 heavy (non-hydrogen) atoms. The number of nitriles is 1. The van der Waals surface area contributed by atoms with Crippen LogP contribution in [0.3, 0.4) is 0 Å². The molecular weight excluding hydrogens is 302 g/mol. The van der Waals surface area contributed by atoms with Crippen molar-refractivity contribution in [3.05, 3.63) is 42.5 Å². The highest BCUT2D eigenvalue weighted by Crippen LogP contribution is 2.33. The summed E-state index contributed by atoms with van der Waals surface area (Å²) in [6.07, 6.45) is 1.02. The van der Waals surface area contributed by atoms with E-state index in [9.17, 15) is 0 Å². The second kappa shape index (κ2) is 7.05. The van der Waals surface area contributed by atoms with Crippen LogP contribution in [0.2, 0.25) is 0 Å². The molecular formula is C19H19N3O2. The standard InChI is InChI=1S/C19H19N3O2/c1-3-11-22-16-7-5-4-6-15(16)21-19(22)14-8-9-17(24-12-10-20)18(13-14)23-2/h4-9,13H,3,11-12H2,1-2H3. The van der Waals surface area contributed by atoms with Crippen LogP contribution >= 0.6 is 0 Å². The summed E-state index contributed by atoms with van der Waals surface area (Å²) in [5, 5.41) is 8.67. The Bertz CT molecular complexity index is 893. The summed E-state index contributed by atoms with van der Waals surface area (Å²) >= 11 is 0. The van der Waals surface area contributed by atoms with Crippen molar-refractivity contribution in [2.45, 2.75) is 19.9 Å². The molecule has 1 aromatic heterocycles. The molecule has 3 aromatic rings. The maximum absolute atomic E-state index is 8.67. The third kappa shape index (κ3) is 2.91. The van der Waals surface area contributed by atoms with Crippen molar-refractivity contribution in [1.29, 1.82) is 5.26 Å². The molecule has 122 valence electrons. The molecule has 0 fully saturated rings. The van der Waals surface area contributed by atoms with Gasteiger partial charge in [-0.3, -0.25) is 0 Å². The minimum Gasteiger partial charge on any atom is -0.493 e. The molecule has 0 saturated heterocycles. The van der Waals surface area contributed by atoms with Gasteiger partial charge < -0.3 is 14.0 Å². The predicted molar refractivity (Wildman–Crippen MR) is 93.1 cm³/mol. The summed E-state index contributed by atoms with van der Waals surface area (Å²) in [7, 11) is 1.59. The Hall–Kier alpha value is -3.00. The summed E-state index contributed by atoms with van der Waals surface area (Å²) in [4.78, 5) is 4.78. The van der Waals surface area contributed by atoms with Crippen LogP contribution < -0.4 is 9.47 Å². The summed E-state index contributed by atoms with van der Waals surface area (Å²) in [6, 6.07) is 15.8. The van der Waals surface area contributed by atoms with Crippen LogP contribution in [0.1, 0.15) is 13.3 Å². The number of benzene rings is 2. The molecule has 0 amide bonds. The van der Waals surface area contributed by atoms with Crippen LogP contribution in [-0.2, 0) is 6.54 Å². The first kappa shape index (κ1) is 15.9. The average Bonchev–Trinajstić information content (AvgIpc) is 2.99. The number of aromatic nitrogens is 2. The minimum atomic E-state index is -0.00987. The van der Waals surface area contributed by atoms with Crippen molar-refractivity contribution in [3.63, 3.8) is 0 Å². The van der Waals surface area contributed by atoms with Crippen molar-refractivity contribution < 1.29 is 9.47 Å². The smallest absolute Gasteiger partial charge is 0.174 e. The highest BCUT2D eigenvalue weighted by Gasteiger charge is 2.14.